The van der Waals surface area contributed by atoms with Crippen LogP contribution in [0.4, 0.5) is 10.8 Å². The van der Waals surface area contributed by atoms with Gasteiger partial charge in [0.15, 0.2) is 5.13 Å². The van der Waals surface area contributed by atoms with Crippen LogP contribution in [0.1, 0.15) is 9.80 Å². The zero-order chi connectivity index (χ0) is 15.0. The molecule has 1 aromatic carbocycles. The topological polar surface area (TPSA) is 111 Å². The highest BCUT2D eigenvalue weighted by Gasteiger charge is 2.15. The lowest BCUT2D eigenvalue weighted by Crippen LogP contribution is -2.11. The molecule has 106 valence electrons. The molecule has 0 spiro atoms. The maximum absolute atomic E-state index is 11.9. The number of halogens is 1. The zero-order valence-electron chi connectivity index (χ0n) is 9.94. The lowest BCUT2D eigenvalue weighted by Gasteiger charge is -1.94. The fraction of sp³-hybridized carbons (Fsp3) is 0. The molecule has 0 aliphatic carbocycles. The molecule has 0 radical (unpaired) electrons. The van der Waals surface area contributed by atoms with Crippen molar-refractivity contribution in [1.82, 2.24) is 15.2 Å². The van der Waals surface area contributed by atoms with Gasteiger partial charge in [0.25, 0.3) is 11.6 Å². The van der Waals surface area contributed by atoms with E-state index in [1.165, 1.54) is 18.2 Å². The van der Waals surface area contributed by atoms with Crippen LogP contribution >= 0.6 is 34.3 Å². The summed E-state index contributed by atoms with van der Waals surface area (Å²) in [6.45, 7) is 0. The number of benzene rings is 1. The summed E-state index contributed by atoms with van der Waals surface area (Å²) in [7, 11) is 0. The molecule has 3 aromatic rings. The number of hydrogen-bond acceptors (Lipinski definition) is 8. The van der Waals surface area contributed by atoms with Gasteiger partial charge in [-0.15, -0.1) is 10.2 Å². The van der Waals surface area contributed by atoms with Gasteiger partial charge in [0.2, 0.25) is 9.47 Å². The number of carbonyl (C=O) groups is 1. The summed E-state index contributed by atoms with van der Waals surface area (Å²) in [6.07, 6.45) is 0. The van der Waals surface area contributed by atoms with Crippen molar-refractivity contribution in [3.63, 3.8) is 0 Å². The average molecular weight is 342 g/mol. The predicted octanol–water partition coefficient (Wildman–Crippen LogP) is 2.96. The van der Waals surface area contributed by atoms with E-state index in [1.54, 1.807) is 0 Å². The molecule has 1 amide bonds. The minimum atomic E-state index is -0.485. The summed E-state index contributed by atoms with van der Waals surface area (Å²) in [5.41, 5.74) is 0.538. The van der Waals surface area contributed by atoms with Crippen LogP contribution in [0.25, 0.3) is 10.2 Å². The van der Waals surface area contributed by atoms with Crippen LogP contribution in [0.3, 0.4) is 0 Å². The molecule has 3 rings (SSSR count). The number of nitro groups is 1. The van der Waals surface area contributed by atoms with Crippen LogP contribution in [0.2, 0.25) is 4.47 Å². The van der Waals surface area contributed by atoms with Gasteiger partial charge >= 0.3 is 0 Å². The second-order valence-corrected chi connectivity index (χ2v) is 6.33. The third-order valence-corrected chi connectivity index (χ3v) is 4.35. The molecule has 0 fully saturated rings. The smallest absolute Gasteiger partial charge is 0.288 e. The Hall–Kier alpha value is -2.17. The summed E-state index contributed by atoms with van der Waals surface area (Å²) >= 11 is 7.69. The van der Waals surface area contributed by atoms with E-state index in [9.17, 15) is 14.9 Å². The Balaban J connectivity index is 1.87. The Kier molecular flexibility index (Phi) is 3.49. The Labute approximate surface area is 129 Å². The molecule has 8 nitrogen and oxygen atoms in total. The minimum Gasteiger partial charge on any atom is -0.296 e. The molecule has 1 N–H and O–H groups in total. The number of amides is 1. The normalized spacial score (nSPS) is 10.7. The number of nitrogens with zero attached hydrogens (tertiary/aromatic N) is 4. The van der Waals surface area contributed by atoms with Crippen molar-refractivity contribution in [1.29, 1.82) is 0 Å². The highest BCUT2D eigenvalue weighted by molar-refractivity contribution is 7.22. The number of thiazole rings is 1. The SMILES string of the molecule is O=C(Nc1nc2ccc([N+](=O)[O-])cc2s1)c1nnc(Cl)s1. The Morgan fingerprint density at radius 2 is 2.14 bits per heavy atom. The van der Waals surface area contributed by atoms with Gasteiger partial charge < -0.3 is 0 Å². The average Bonchev–Trinajstić information content (AvgIpc) is 3.03. The Morgan fingerprint density at radius 1 is 1.33 bits per heavy atom. The molecule has 0 aliphatic rings. The zero-order valence-corrected chi connectivity index (χ0v) is 12.3. The van der Waals surface area contributed by atoms with E-state index in [0.717, 1.165) is 22.7 Å². The lowest BCUT2D eigenvalue weighted by molar-refractivity contribution is -0.384. The van der Waals surface area contributed by atoms with E-state index in [-0.39, 0.29) is 15.2 Å². The van der Waals surface area contributed by atoms with E-state index in [1.807, 2.05) is 0 Å². The van der Waals surface area contributed by atoms with E-state index in [2.05, 4.69) is 20.5 Å². The van der Waals surface area contributed by atoms with Crippen LogP contribution in [0, 0.1) is 10.1 Å². The van der Waals surface area contributed by atoms with Gasteiger partial charge in [-0.2, -0.15) is 0 Å². The molecule has 0 saturated heterocycles. The first-order valence-electron chi connectivity index (χ1n) is 5.38. The van der Waals surface area contributed by atoms with Crippen molar-refractivity contribution in [2.45, 2.75) is 0 Å². The highest BCUT2D eigenvalue weighted by atomic mass is 35.5. The van der Waals surface area contributed by atoms with E-state index >= 15 is 0 Å². The number of carbonyl (C=O) groups excluding carboxylic acids is 1. The van der Waals surface area contributed by atoms with Crippen molar-refractivity contribution in [2.75, 3.05) is 5.32 Å². The number of nitrogens with one attached hydrogen (secondary N) is 1. The number of non-ortho nitro benzene ring substituents is 1. The Bertz CT molecular complexity index is 861. The first kappa shape index (κ1) is 13.8. The van der Waals surface area contributed by atoms with Gasteiger partial charge in [0, 0.05) is 12.1 Å². The molecule has 2 heterocycles. The van der Waals surface area contributed by atoms with Crippen molar-refractivity contribution in [2.24, 2.45) is 0 Å². The van der Waals surface area contributed by atoms with Crippen LogP contribution < -0.4 is 5.32 Å². The summed E-state index contributed by atoms with van der Waals surface area (Å²) in [5.74, 6) is -0.479. The Morgan fingerprint density at radius 3 is 2.81 bits per heavy atom. The van der Waals surface area contributed by atoms with Crippen molar-refractivity contribution in [3.8, 4) is 0 Å². The summed E-state index contributed by atoms with van der Waals surface area (Å²) in [6, 6.07) is 4.30. The highest BCUT2D eigenvalue weighted by Crippen LogP contribution is 2.29. The first-order chi connectivity index (χ1) is 10.0. The van der Waals surface area contributed by atoms with Crippen LogP contribution in [0.5, 0.6) is 0 Å². The fourth-order valence-corrected chi connectivity index (χ4v) is 3.15. The van der Waals surface area contributed by atoms with Gasteiger partial charge in [-0.3, -0.25) is 20.2 Å². The minimum absolute atomic E-state index is 0.0278. The number of anilines is 1. The van der Waals surface area contributed by atoms with Gasteiger partial charge in [-0.25, -0.2) is 4.98 Å². The number of aromatic nitrogens is 3. The summed E-state index contributed by atoms with van der Waals surface area (Å²) in [5, 5.41) is 20.9. The number of nitro benzene ring substituents is 1. The van der Waals surface area contributed by atoms with Gasteiger partial charge in [0.1, 0.15) is 0 Å². The quantitative estimate of drug-likeness (QED) is 0.579. The van der Waals surface area contributed by atoms with Crippen molar-refractivity contribution in [3.05, 3.63) is 37.8 Å². The van der Waals surface area contributed by atoms with Crippen LogP contribution in [-0.4, -0.2) is 26.0 Å². The molecular weight excluding hydrogens is 338 g/mol. The number of hydrogen-bond donors (Lipinski definition) is 1. The predicted molar refractivity (Wildman–Crippen MR) is 79.1 cm³/mol. The third kappa shape index (κ3) is 2.82. The fourth-order valence-electron chi connectivity index (χ4n) is 1.53. The molecule has 21 heavy (non-hydrogen) atoms. The maximum atomic E-state index is 11.9. The van der Waals surface area contributed by atoms with Crippen LogP contribution in [-0.2, 0) is 0 Å². The maximum Gasteiger partial charge on any atom is 0.288 e. The molecule has 0 bridgehead atoms. The molecular formula is C10H4ClN5O3S2. The molecule has 0 aliphatic heterocycles. The van der Waals surface area contributed by atoms with Crippen LogP contribution in [0.15, 0.2) is 18.2 Å². The lowest BCUT2D eigenvalue weighted by atomic mass is 10.3. The largest absolute Gasteiger partial charge is 0.296 e. The van der Waals surface area contributed by atoms with Crippen molar-refractivity contribution >= 4 is 61.2 Å². The molecule has 2 aromatic heterocycles. The second-order valence-electron chi connectivity index (χ2n) is 3.74. The van der Waals surface area contributed by atoms with Gasteiger partial charge in [0.05, 0.1) is 15.1 Å². The van der Waals surface area contributed by atoms with E-state index < -0.39 is 10.8 Å². The van der Waals surface area contributed by atoms with E-state index in [0.29, 0.717) is 15.3 Å². The monoisotopic (exact) mass is 341 g/mol. The third-order valence-electron chi connectivity index (χ3n) is 2.40. The summed E-state index contributed by atoms with van der Waals surface area (Å²) in [4.78, 5) is 26.3. The standard InChI is InChI=1S/C10H4ClN5O3S2/c11-9-15-14-8(21-9)7(17)13-10-12-5-2-1-4(16(18)19)3-6(5)20-10/h1-3H,(H,12,13,17). The van der Waals surface area contributed by atoms with Gasteiger partial charge in [-0.05, 0) is 17.7 Å². The molecule has 0 unspecified atom stereocenters. The second kappa shape index (κ2) is 5.31. The molecule has 0 saturated carbocycles. The van der Waals surface area contributed by atoms with Gasteiger partial charge in [-0.1, -0.05) is 22.7 Å². The molecule has 0 atom stereocenters. The van der Waals surface area contributed by atoms with E-state index in [4.69, 9.17) is 11.6 Å². The number of rotatable bonds is 3. The molecule has 11 heteroatoms. The first-order valence-corrected chi connectivity index (χ1v) is 7.39. The van der Waals surface area contributed by atoms with Crippen molar-refractivity contribution < 1.29 is 9.72 Å². The number of fused-ring (bicyclic) bond motifs is 1. The summed E-state index contributed by atoms with van der Waals surface area (Å²) < 4.78 is 0.773.